The molecule has 16 heavy (non-hydrogen) atoms. The van der Waals surface area contributed by atoms with E-state index in [9.17, 15) is 0 Å². The van der Waals surface area contributed by atoms with Gasteiger partial charge in [-0.3, -0.25) is 0 Å². The first-order valence-corrected chi connectivity index (χ1v) is 6.03. The number of hydrogen-bond donors (Lipinski definition) is 2. The number of benzene rings is 1. The summed E-state index contributed by atoms with van der Waals surface area (Å²) in [5.41, 5.74) is 4.28. The maximum absolute atomic E-state index is 3.70. The first-order chi connectivity index (χ1) is 7.46. The number of rotatable bonds is 1. The van der Waals surface area contributed by atoms with E-state index >= 15 is 0 Å². The molecule has 2 N–H and O–H groups in total. The Labute approximate surface area is 98.4 Å². The van der Waals surface area contributed by atoms with E-state index in [1.165, 1.54) is 16.7 Å². The second-order valence-electron chi connectivity index (χ2n) is 5.63. The molecule has 1 fully saturated rings. The summed E-state index contributed by atoms with van der Waals surface area (Å²) in [6.45, 7) is 10.9. The normalized spacial score (nSPS) is 24.4. The highest BCUT2D eigenvalue weighted by atomic mass is 15.1. The second kappa shape index (κ2) is 4.19. The van der Waals surface area contributed by atoms with Crippen LogP contribution in [-0.2, 0) is 0 Å². The summed E-state index contributed by atoms with van der Waals surface area (Å²) in [5.74, 6) is 0. The molecular formula is C14H22N2. The summed E-state index contributed by atoms with van der Waals surface area (Å²) in [5, 5.41) is 7.20. The molecule has 0 radical (unpaired) electrons. The molecule has 0 aromatic heterocycles. The average molecular weight is 218 g/mol. The van der Waals surface area contributed by atoms with Gasteiger partial charge in [-0.25, -0.2) is 0 Å². The molecule has 0 bridgehead atoms. The minimum absolute atomic E-state index is 0.181. The van der Waals surface area contributed by atoms with E-state index in [1.807, 2.05) is 0 Å². The van der Waals surface area contributed by atoms with Gasteiger partial charge in [-0.15, -0.1) is 0 Å². The summed E-state index contributed by atoms with van der Waals surface area (Å²) in [6, 6.07) is 7.23. The number of piperazine rings is 1. The van der Waals surface area contributed by atoms with Crippen molar-refractivity contribution in [1.82, 2.24) is 10.6 Å². The van der Waals surface area contributed by atoms with Gasteiger partial charge in [0.15, 0.2) is 0 Å². The lowest BCUT2D eigenvalue weighted by molar-refractivity contribution is 0.264. The van der Waals surface area contributed by atoms with E-state index in [4.69, 9.17) is 0 Å². The van der Waals surface area contributed by atoms with Crippen molar-refractivity contribution in [3.63, 3.8) is 0 Å². The van der Waals surface area contributed by atoms with Crippen LogP contribution in [0.2, 0.25) is 0 Å². The van der Waals surface area contributed by atoms with E-state index in [2.05, 4.69) is 56.5 Å². The number of aryl methyl sites for hydroxylation is 2. The minimum Gasteiger partial charge on any atom is -0.313 e. The van der Waals surface area contributed by atoms with Crippen LogP contribution in [-0.4, -0.2) is 18.6 Å². The Kier molecular flexibility index (Phi) is 3.04. The quantitative estimate of drug-likeness (QED) is 0.756. The third-order valence-electron chi connectivity index (χ3n) is 3.13. The lowest BCUT2D eigenvalue weighted by atomic mass is 9.94. The third kappa shape index (κ3) is 2.63. The standard InChI is InChI=1S/C14H22N2/c1-10-5-11(2)7-12(6-10)13-8-15-9-14(3,4)16-13/h5-7,13,15-16H,8-9H2,1-4H3. The number of hydrogen-bond acceptors (Lipinski definition) is 2. The van der Waals surface area contributed by atoms with Crippen molar-refractivity contribution in [2.24, 2.45) is 0 Å². The predicted molar refractivity (Wildman–Crippen MR) is 68.7 cm³/mol. The minimum atomic E-state index is 0.181. The van der Waals surface area contributed by atoms with Gasteiger partial charge in [0, 0.05) is 24.7 Å². The summed E-state index contributed by atoms with van der Waals surface area (Å²) in [4.78, 5) is 0. The van der Waals surface area contributed by atoms with Gasteiger partial charge in [0.2, 0.25) is 0 Å². The molecule has 0 amide bonds. The van der Waals surface area contributed by atoms with Crippen LogP contribution in [0, 0.1) is 13.8 Å². The van der Waals surface area contributed by atoms with Crippen LogP contribution in [0.5, 0.6) is 0 Å². The molecule has 2 rings (SSSR count). The van der Waals surface area contributed by atoms with Crippen molar-refractivity contribution in [3.05, 3.63) is 34.9 Å². The van der Waals surface area contributed by atoms with Crippen molar-refractivity contribution in [2.45, 2.75) is 39.3 Å². The zero-order chi connectivity index (χ0) is 11.8. The molecule has 2 heteroatoms. The molecule has 2 nitrogen and oxygen atoms in total. The van der Waals surface area contributed by atoms with Crippen LogP contribution in [0.15, 0.2) is 18.2 Å². The highest BCUT2D eigenvalue weighted by molar-refractivity contribution is 5.31. The molecule has 1 aliphatic rings. The van der Waals surface area contributed by atoms with Crippen LogP contribution >= 0.6 is 0 Å². The van der Waals surface area contributed by atoms with Gasteiger partial charge in [-0.1, -0.05) is 29.3 Å². The molecule has 1 heterocycles. The lowest BCUT2D eigenvalue weighted by Crippen LogP contribution is -2.56. The fraction of sp³-hybridized carbons (Fsp3) is 0.571. The summed E-state index contributed by atoms with van der Waals surface area (Å²) in [6.07, 6.45) is 0. The molecule has 1 aliphatic heterocycles. The third-order valence-corrected chi connectivity index (χ3v) is 3.13. The van der Waals surface area contributed by atoms with Crippen molar-refractivity contribution in [1.29, 1.82) is 0 Å². The van der Waals surface area contributed by atoms with Crippen LogP contribution < -0.4 is 10.6 Å². The van der Waals surface area contributed by atoms with Crippen LogP contribution in [0.1, 0.15) is 36.6 Å². The van der Waals surface area contributed by atoms with E-state index < -0.39 is 0 Å². The molecule has 1 unspecified atom stereocenters. The molecule has 1 aromatic rings. The summed E-state index contributed by atoms with van der Waals surface area (Å²) in [7, 11) is 0. The first-order valence-electron chi connectivity index (χ1n) is 6.03. The van der Waals surface area contributed by atoms with Gasteiger partial charge in [-0.2, -0.15) is 0 Å². The Balaban J connectivity index is 2.23. The van der Waals surface area contributed by atoms with Crippen molar-refractivity contribution >= 4 is 0 Å². The maximum Gasteiger partial charge on any atom is 0.0451 e. The van der Waals surface area contributed by atoms with Crippen molar-refractivity contribution in [2.75, 3.05) is 13.1 Å². The smallest absolute Gasteiger partial charge is 0.0451 e. The van der Waals surface area contributed by atoms with E-state index in [0.29, 0.717) is 6.04 Å². The summed E-state index contributed by atoms with van der Waals surface area (Å²) >= 11 is 0. The molecular weight excluding hydrogens is 196 g/mol. The summed E-state index contributed by atoms with van der Waals surface area (Å²) < 4.78 is 0. The zero-order valence-electron chi connectivity index (χ0n) is 10.7. The van der Waals surface area contributed by atoms with E-state index in [0.717, 1.165) is 13.1 Å². The van der Waals surface area contributed by atoms with Gasteiger partial charge in [-0.05, 0) is 33.3 Å². The molecule has 0 spiro atoms. The van der Waals surface area contributed by atoms with Gasteiger partial charge in [0.1, 0.15) is 0 Å². The highest BCUT2D eigenvalue weighted by Crippen LogP contribution is 2.21. The number of nitrogens with one attached hydrogen (secondary N) is 2. The molecule has 1 atom stereocenters. The van der Waals surface area contributed by atoms with Crippen LogP contribution in [0.4, 0.5) is 0 Å². The topological polar surface area (TPSA) is 24.1 Å². The molecule has 1 saturated heterocycles. The highest BCUT2D eigenvalue weighted by Gasteiger charge is 2.27. The molecule has 88 valence electrons. The molecule has 0 saturated carbocycles. The SMILES string of the molecule is Cc1cc(C)cc(C2CNCC(C)(C)N2)c1. The first kappa shape index (κ1) is 11.6. The Morgan fingerprint density at radius 1 is 1.12 bits per heavy atom. The van der Waals surface area contributed by atoms with Crippen molar-refractivity contribution in [3.8, 4) is 0 Å². The predicted octanol–water partition coefficient (Wildman–Crippen LogP) is 2.32. The lowest BCUT2D eigenvalue weighted by Gasteiger charge is -2.38. The molecule has 1 aromatic carbocycles. The Morgan fingerprint density at radius 2 is 1.75 bits per heavy atom. The fourth-order valence-corrected chi connectivity index (χ4v) is 2.51. The van der Waals surface area contributed by atoms with Gasteiger partial charge >= 0.3 is 0 Å². The fourth-order valence-electron chi connectivity index (χ4n) is 2.51. The van der Waals surface area contributed by atoms with Gasteiger partial charge in [0.25, 0.3) is 0 Å². The maximum atomic E-state index is 3.70. The largest absolute Gasteiger partial charge is 0.313 e. The van der Waals surface area contributed by atoms with E-state index in [1.54, 1.807) is 0 Å². The van der Waals surface area contributed by atoms with Crippen LogP contribution in [0.25, 0.3) is 0 Å². The molecule has 0 aliphatic carbocycles. The zero-order valence-corrected chi connectivity index (χ0v) is 10.7. The van der Waals surface area contributed by atoms with Gasteiger partial charge in [0.05, 0.1) is 0 Å². The monoisotopic (exact) mass is 218 g/mol. The Hall–Kier alpha value is -0.860. The van der Waals surface area contributed by atoms with E-state index in [-0.39, 0.29) is 5.54 Å². The second-order valence-corrected chi connectivity index (χ2v) is 5.63. The average Bonchev–Trinajstić information content (AvgIpc) is 2.14. The van der Waals surface area contributed by atoms with Crippen molar-refractivity contribution < 1.29 is 0 Å². The van der Waals surface area contributed by atoms with Gasteiger partial charge < -0.3 is 10.6 Å². The Morgan fingerprint density at radius 3 is 2.31 bits per heavy atom. The van der Waals surface area contributed by atoms with Crippen LogP contribution in [0.3, 0.4) is 0 Å². The Bertz CT molecular complexity index is 362.